The molecule has 0 bridgehead atoms. The minimum atomic E-state index is -0.296. The van der Waals surface area contributed by atoms with Gasteiger partial charge in [-0.05, 0) is 50.6 Å². The topological polar surface area (TPSA) is 41.1 Å². The van der Waals surface area contributed by atoms with E-state index in [1.54, 1.807) is 12.1 Å². The summed E-state index contributed by atoms with van der Waals surface area (Å²) in [5.41, 5.74) is 0.647. The van der Waals surface area contributed by atoms with Gasteiger partial charge in [0.2, 0.25) is 5.91 Å². The van der Waals surface area contributed by atoms with E-state index in [-0.39, 0.29) is 23.7 Å². The second-order valence-corrected chi connectivity index (χ2v) is 4.49. The monoisotopic (exact) mass is 236 g/mol. The first kappa shape index (κ1) is 12.0. The molecular weight excluding hydrogens is 219 g/mol. The number of anilines is 1. The third kappa shape index (κ3) is 3.03. The zero-order chi connectivity index (χ0) is 12.3. The number of halogens is 1. The van der Waals surface area contributed by atoms with Crippen LogP contribution in [0.15, 0.2) is 24.3 Å². The van der Waals surface area contributed by atoms with Crippen LogP contribution >= 0.6 is 0 Å². The number of benzene rings is 1. The van der Waals surface area contributed by atoms with Crippen LogP contribution in [0.2, 0.25) is 0 Å². The number of nitrogens with one attached hydrogen (secondary N) is 2. The highest BCUT2D eigenvalue weighted by molar-refractivity contribution is 5.93. The van der Waals surface area contributed by atoms with Gasteiger partial charge < -0.3 is 10.6 Å². The van der Waals surface area contributed by atoms with Crippen molar-refractivity contribution in [3.8, 4) is 0 Å². The number of rotatable bonds is 2. The van der Waals surface area contributed by atoms with Crippen LogP contribution in [0.5, 0.6) is 0 Å². The summed E-state index contributed by atoms with van der Waals surface area (Å²) in [5, 5.41) is 6.11. The molecule has 1 aromatic rings. The summed E-state index contributed by atoms with van der Waals surface area (Å²) in [6.45, 7) is 3.00. The summed E-state index contributed by atoms with van der Waals surface area (Å²) in [7, 11) is 0. The molecule has 0 spiro atoms. The van der Waals surface area contributed by atoms with Crippen molar-refractivity contribution < 1.29 is 9.18 Å². The standard InChI is InChI=1S/C13H17FN2O/c1-9-12(3-2-8-15-9)13(17)16-11-6-4-10(14)5-7-11/h4-7,9,12,15H,2-3,8H2,1H3,(H,16,17). The molecular formula is C13H17FN2O. The van der Waals surface area contributed by atoms with E-state index >= 15 is 0 Å². The lowest BCUT2D eigenvalue weighted by atomic mass is 9.91. The zero-order valence-corrected chi connectivity index (χ0v) is 9.87. The second-order valence-electron chi connectivity index (χ2n) is 4.49. The predicted octanol–water partition coefficient (Wildman–Crippen LogP) is 2.15. The Bertz CT molecular complexity index is 391. The van der Waals surface area contributed by atoms with Crippen molar-refractivity contribution in [2.75, 3.05) is 11.9 Å². The summed E-state index contributed by atoms with van der Waals surface area (Å²) in [5.74, 6) is -0.291. The average molecular weight is 236 g/mol. The Hall–Kier alpha value is -1.42. The lowest BCUT2D eigenvalue weighted by molar-refractivity contribution is -0.121. The SMILES string of the molecule is CC1NCCCC1C(=O)Nc1ccc(F)cc1. The molecule has 3 nitrogen and oxygen atoms in total. The fourth-order valence-electron chi connectivity index (χ4n) is 2.17. The highest BCUT2D eigenvalue weighted by atomic mass is 19.1. The van der Waals surface area contributed by atoms with Gasteiger partial charge in [0.25, 0.3) is 0 Å². The number of carbonyl (C=O) groups is 1. The summed E-state index contributed by atoms with van der Waals surface area (Å²) in [4.78, 5) is 12.0. The van der Waals surface area contributed by atoms with Gasteiger partial charge in [-0.3, -0.25) is 4.79 Å². The summed E-state index contributed by atoms with van der Waals surface area (Å²) in [6, 6.07) is 6.04. The normalized spacial score (nSPS) is 24.4. The van der Waals surface area contributed by atoms with Crippen LogP contribution in [0.4, 0.5) is 10.1 Å². The highest BCUT2D eigenvalue weighted by Gasteiger charge is 2.27. The predicted molar refractivity (Wildman–Crippen MR) is 65.2 cm³/mol. The van der Waals surface area contributed by atoms with Gasteiger partial charge in [0.1, 0.15) is 5.82 Å². The first-order valence-corrected chi connectivity index (χ1v) is 5.96. The summed E-state index contributed by atoms with van der Waals surface area (Å²) in [6.07, 6.45) is 1.92. The molecule has 0 aromatic heterocycles. The van der Waals surface area contributed by atoms with Crippen molar-refractivity contribution in [2.45, 2.75) is 25.8 Å². The summed E-state index contributed by atoms with van der Waals surface area (Å²) < 4.78 is 12.7. The maximum Gasteiger partial charge on any atom is 0.229 e. The first-order valence-electron chi connectivity index (χ1n) is 5.96. The highest BCUT2D eigenvalue weighted by Crippen LogP contribution is 2.19. The van der Waals surface area contributed by atoms with Crippen molar-refractivity contribution in [2.24, 2.45) is 5.92 Å². The van der Waals surface area contributed by atoms with Crippen LogP contribution in [-0.2, 0) is 4.79 Å². The lowest BCUT2D eigenvalue weighted by Crippen LogP contribution is -2.44. The molecule has 0 aliphatic carbocycles. The van der Waals surface area contributed by atoms with Crippen molar-refractivity contribution in [3.05, 3.63) is 30.1 Å². The number of hydrogen-bond acceptors (Lipinski definition) is 2. The molecule has 2 atom stereocenters. The van der Waals surface area contributed by atoms with Gasteiger partial charge in [0.05, 0.1) is 5.92 Å². The molecule has 17 heavy (non-hydrogen) atoms. The quantitative estimate of drug-likeness (QED) is 0.826. The Balaban J connectivity index is 1.98. The van der Waals surface area contributed by atoms with Crippen LogP contribution in [0.1, 0.15) is 19.8 Å². The fourth-order valence-corrected chi connectivity index (χ4v) is 2.17. The van der Waals surface area contributed by atoms with Crippen LogP contribution in [0.25, 0.3) is 0 Å². The van der Waals surface area contributed by atoms with E-state index in [1.807, 2.05) is 6.92 Å². The van der Waals surface area contributed by atoms with Crippen molar-refractivity contribution >= 4 is 11.6 Å². The van der Waals surface area contributed by atoms with E-state index in [0.717, 1.165) is 19.4 Å². The third-order valence-corrected chi connectivity index (χ3v) is 3.21. The molecule has 1 amide bonds. The van der Waals surface area contributed by atoms with E-state index in [1.165, 1.54) is 12.1 Å². The number of piperidine rings is 1. The molecule has 2 unspecified atom stereocenters. The molecule has 4 heteroatoms. The van der Waals surface area contributed by atoms with Gasteiger partial charge in [-0.15, -0.1) is 0 Å². The minimum Gasteiger partial charge on any atom is -0.326 e. The number of amides is 1. The van der Waals surface area contributed by atoms with Crippen LogP contribution in [0, 0.1) is 11.7 Å². The third-order valence-electron chi connectivity index (χ3n) is 3.21. The van der Waals surface area contributed by atoms with Crippen molar-refractivity contribution in [3.63, 3.8) is 0 Å². The van der Waals surface area contributed by atoms with Crippen LogP contribution < -0.4 is 10.6 Å². The molecule has 1 saturated heterocycles. The van der Waals surface area contributed by atoms with Crippen molar-refractivity contribution in [1.82, 2.24) is 5.32 Å². The van der Waals surface area contributed by atoms with Gasteiger partial charge in [-0.1, -0.05) is 0 Å². The Morgan fingerprint density at radius 3 is 2.76 bits per heavy atom. The smallest absolute Gasteiger partial charge is 0.229 e. The van der Waals surface area contributed by atoms with E-state index < -0.39 is 0 Å². The molecule has 1 aliphatic heterocycles. The molecule has 1 aromatic carbocycles. The molecule has 0 radical (unpaired) electrons. The largest absolute Gasteiger partial charge is 0.326 e. The Labute approximate surface area is 100 Å². The second kappa shape index (κ2) is 5.27. The van der Waals surface area contributed by atoms with Gasteiger partial charge in [0, 0.05) is 11.7 Å². The van der Waals surface area contributed by atoms with Gasteiger partial charge in [-0.25, -0.2) is 4.39 Å². The molecule has 1 aliphatic rings. The van der Waals surface area contributed by atoms with Gasteiger partial charge in [0.15, 0.2) is 0 Å². The number of carbonyl (C=O) groups excluding carboxylic acids is 1. The van der Waals surface area contributed by atoms with Crippen LogP contribution in [0.3, 0.4) is 0 Å². The molecule has 1 fully saturated rings. The summed E-state index contributed by atoms with van der Waals surface area (Å²) >= 11 is 0. The number of hydrogen-bond donors (Lipinski definition) is 2. The zero-order valence-electron chi connectivity index (χ0n) is 9.87. The maximum absolute atomic E-state index is 12.7. The van der Waals surface area contributed by atoms with E-state index in [4.69, 9.17) is 0 Å². The van der Waals surface area contributed by atoms with Crippen LogP contribution in [-0.4, -0.2) is 18.5 Å². The Kier molecular flexibility index (Phi) is 3.74. The van der Waals surface area contributed by atoms with Gasteiger partial charge >= 0.3 is 0 Å². The maximum atomic E-state index is 12.7. The molecule has 1 heterocycles. The molecule has 2 rings (SSSR count). The van der Waals surface area contributed by atoms with E-state index in [2.05, 4.69) is 10.6 Å². The lowest BCUT2D eigenvalue weighted by Gasteiger charge is -2.28. The van der Waals surface area contributed by atoms with E-state index in [0.29, 0.717) is 5.69 Å². The minimum absolute atomic E-state index is 0.00574. The fraction of sp³-hybridized carbons (Fsp3) is 0.462. The molecule has 0 saturated carbocycles. The molecule has 2 N–H and O–H groups in total. The molecule has 92 valence electrons. The average Bonchev–Trinajstić information content (AvgIpc) is 2.32. The Morgan fingerprint density at radius 2 is 2.12 bits per heavy atom. The van der Waals surface area contributed by atoms with E-state index in [9.17, 15) is 9.18 Å². The van der Waals surface area contributed by atoms with Gasteiger partial charge in [-0.2, -0.15) is 0 Å². The Morgan fingerprint density at radius 1 is 1.41 bits per heavy atom. The first-order chi connectivity index (χ1) is 8.16. The van der Waals surface area contributed by atoms with Crippen molar-refractivity contribution in [1.29, 1.82) is 0 Å².